The smallest absolute Gasteiger partial charge is 0.339 e. The molecule has 1 aromatic rings. The van der Waals surface area contributed by atoms with Gasteiger partial charge in [0, 0.05) is 20.3 Å². The Balaban J connectivity index is 0. The average molecular weight is 456 g/mol. The van der Waals surface area contributed by atoms with Crippen LogP contribution in [-0.2, 0) is 4.57 Å². The van der Waals surface area contributed by atoms with Crippen molar-refractivity contribution in [1.29, 1.82) is 0 Å². The highest BCUT2D eigenvalue weighted by Gasteiger charge is 2.03. The lowest BCUT2D eigenvalue weighted by Gasteiger charge is -2.17. The molecule has 0 saturated heterocycles. The first kappa shape index (κ1) is 26.9. The predicted molar refractivity (Wildman–Crippen MR) is 91.4 cm³/mol. The Labute approximate surface area is 163 Å². The van der Waals surface area contributed by atoms with Crippen molar-refractivity contribution in [2.24, 2.45) is 0 Å². The van der Waals surface area contributed by atoms with Crippen molar-refractivity contribution in [2.75, 3.05) is 28.2 Å². The van der Waals surface area contributed by atoms with E-state index in [4.69, 9.17) is 18.6 Å². The summed E-state index contributed by atoms with van der Waals surface area (Å²) in [6.07, 6.45) is 4.24. The van der Waals surface area contributed by atoms with E-state index in [1.807, 2.05) is 34.3 Å². The first-order valence-corrected chi connectivity index (χ1v) is 12.0. The van der Waals surface area contributed by atoms with E-state index in [-0.39, 0.29) is 0 Å². The molecule has 1 aromatic carbocycles. The lowest BCUT2D eigenvalue weighted by atomic mass is 10.1. The Bertz CT molecular complexity index is 582. The molecule has 12 heteroatoms. The summed E-state index contributed by atoms with van der Waals surface area (Å²) in [7, 11) is 3.19. The number of benzene rings is 1. The predicted octanol–water partition coefficient (Wildman–Crippen LogP) is -0.0131. The third-order valence-corrected chi connectivity index (χ3v) is 1.90. The standard InChI is InChI=1S/C13H19N2.Cl3OP.ClHO4/c1-14(2)10-13(11-15(3)4)12-8-6-5-7-9-12;1-5(2,3)4;2-1(3,4)5/h5-11H,1-4H3;;(H,2,3,4,5)/q+1;;/p-1. The van der Waals surface area contributed by atoms with Crippen LogP contribution in [0.1, 0.15) is 5.56 Å². The fraction of sp³-hybridized carbons (Fsp3) is 0.308. The molecule has 0 fully saturated rings. The minimum Gasteiger partial charge on any atom is -0.383 e. The normalized spacial score (nSPS) is 11.4. The second kappa shape index (κ2) is 12.9. The van der Waals surface area contributed by atoms with Crippen molar-refractivity contribution in [3.8, 4) is 0 Å². The van der Waals surface area contributed by atoms with Gasteiger partial charge in [-0.1, -0.05) is 30.3 Å². The van der Waals surface area contributed by atoms with Crippen LogP contribution >= 0.6 is 38.9 Å². The summed E-state index contributed by atoms with van der Waals surface area (Å²) < 4.78 is 45.5. The number of allylic oxidation sites excluding steroid dienone is 1. The zero-order valence-corrected chi connectivity index (χ0v) is 17.9. The average Bonchev–Trinajstić information content (AvgIpc) is 2.34. The Hall–Kier alpha value is -0.340. The van der Waals surface area contributed by atoms with Gasteiger partial charge in [0.2, 0.25) is 0 Å². The Morgan fingerprint density at radius 3 is 1.72 bits per heavy atom. The van der Waals surface area contributed by atoms with Gasteiger partial charge in [0.05, 0.1) is 5.57 Å². The molecule has 0 aliphatic heterocycles. The van der Waals surface area contributed by atoms with E-state index < -0.39 is 15.4 Å². The van der Waals surface area contributed by atoms with Crippen LogP contribution in [0, 0.1) is 10.2 Å². The molecule has 0 aliphatic carbocycles. The molecule has 0 heterocycles. The number of halogens is 4. The summed E-state index contributed by atoms with van der Waals surface area (Å²) >= 11 is 13.8. The molecule has 0 amide bonds. The first-order chi connectivity index (χ1) is 11.1. The lowest BCUT2D eigenvalue weighted by Crippen LogP contribution is -2.68. The van der Waals surface area contributed by atoms with Gasteiger partial charge in [-0.25, -0.2) is 23.2 Å². The minimum absolute atomic E-state index is 1.21. The fourth-order valence-electron chi connectivity index (χ4n) is 1.37. The van der Waals surface area contributed by atoms with Crippen LogP contribution < -0.4 is 18.6 Å². The summed E-state index contributed by atoms with van der Waals surface area (Å²) in [6, 6.07) is 10.4. The van der Waals surface area contributed by atoms with Gasteiger partial charge in [-0.05, 0) is 39.3 Å². The monoisotopic (exact) mass is 454 g/mol. The highest BCUT2D eigenvalue weighted by Crippen LogP contribution is 2.61. The topological polar surface area (TPSA) is 116 Å². The van der Waals surface area contributed by atoms with Gasteiger partial charge in [0.15, 0.2) is 6.21 Å². The van der Waals surface area contributed by atoms with Crippen LogP contribution in [0.2, 0.25) is 0 Å². The van der Waals surface area contributed by atoms with E-state index in [0.717, 1.165) is 0 Å². The zero-order chi connectivity index (χ0) is 20.3. The Kier molecular flexibility index (Phi) is 13.9. The van der Waals surface area contributed by atoms with Gasteiger partial charge in [-0.3, -0.25) is 4.57 Å². The summed E-state index contributed by atoms with van der Waals surface area (Å²) in [5.74, 6) is 0. The van der Waals surface area contributed by atoms with Crippen molar-refractivity contribution in [1.82, 2.24) is 4.90 Å². The second-order valence-corrected chi connectivity index (χ2v) is 12.2. The molecule has 7 nitrogen and oxygen atoms in total. The van der Waals surface area contributed by atoms with Gasteiger partial charge >= 0.3 is 5.20 Å². The maximum absolute atomic E-state index is 9.51. The van der Waals surface area contributed by atoms with Crippen molar-refractivity contribution < 1.29 is 38.0 Å². The van der Waals surface area contributed by atoms with E-state index in [1.165, 1.54) is 11.1 Å². The molecule has 0 unspecified atom stereocenters. The van der Waals surface area contributed by atoms with E-state index in [2.05, 4.69) is 79.9 Å². The van der Waals surface area contributed by atoms with E-state index >= 15 is 0 Å². The lowest BCUT2D eigenvalue weighted by molar-refractivity contribution is -2.00. The van der Waals surface area contributed by atoms with Gasteiger partial charge in [0.1, 0.15) is 14.1 Å². The molecule has 144 valence electrons. The first-order valence-electron chi connectivity index (χ1n) is 6.35. The number of hydrogen-bond acceptors (Lipinski definition) is 6. The van der Waals surface area contributed by atoms with Crippen LogP contribution in [0.3, 0.4) is 0 Å². The van der Waals surface area contributed by atoms with Crippen LogP contribution in [0.4, 0.5) is 0 Å². The van der Waals surface area contributed by atoms with Gasteiger partial charge < -0.3 is 4.90 Å². The summed E-state index contributed by atoms with van der Waals surface area (Å²) in [6.45, 7) is 0. The molecule has 0 atom stereocenters. The van der Waals surface area contributed by atoms with Crippen LogP contribution in [0.15, 0.2) is 36.5 Å². The van der Waals surface area contributed by atoms with Crippen molar-refractivity contribution in [2.45, 2.75) is 0 Å². The molecule has 25 heavy (non-hydrogen) atoms. The van der Waals surface area contributed by atoms with Crippen molar-refractivity contribution in [3.05, 3.63) is 42.1 Å². The van der Waals surface area contributed by atoms with Gasteiger partial charge in [-0.15, -0.1) is 10.2 Å². The molecule has 0 radical (unpaired) electrons. The summed E-state index contributed by atoms with van der Waals surface area (Å²) in [5.41, 5.74) is 2.45. The molecule has 1 rings (SSSR count). The fourth-order valence-corrected chi connectivity index (χ4v) is 1.37. The minimum atomic E-state index is -4.94. The van der Waals surface area contributed by atoms with Crippen LogP contribution in [-0.4, -0.2) is 43.9 Å². The molecular weight excluding hydrogens is 437 g/mol. The number of hydrogen-bond donors (Lipinski definition) is 0. The SMILES string of the molecule is CN(C)C=C(C=[N+](C)C)c1ccccc1.O=P(Cl)(Cl)Cl.[O-][Cl+3]([O-])([O-])[O-]. The van der Waals surface area contributed by atoms with E-state index in [1.54, 1.807) is 0 Å². The van der Waals surface area contributed by atoms with Gasteiger partial charge in [-0.2, -0.15) is 0 Å². The molecule has 0 bridgehead atoms. The molecule has 0 saturated carbocycles. The van der Waals surface area contributed by atoms with Crippen molar-refractivity contribution >= 4 is 50.7 Å². The Morgan fingerprint density at radius 2 is 1.44 bits per heavy atom. The third kappa shape index (κ3) is 28.7. The number of rotatable bonds is 3. The summed E-state index contributed by atoms with van der Waals surface area (Å²) in [4.78, 5) is 2.06. The largest absolute Gasteiger partial charge is 0.383 e. The quantitative estimate of drug-likeness (QED) is 0.359. The molecular formula is C13H19Cl4N2O5P. The van der Waals surface area contributed by atoms with Crippen molar-refractivity contribution in [3.63, 3.8) is 0 Å². The highest BCUT2D eigenvalue weighted by atomic mass is 36.0. The summed E-state index contributed by atoms with van der Waals surface area (Å²) in [5, 5.41) is -3.22. The third-order valence-electron chi connectivity index (χ3n) is 1.90. The molecule has 0 spiro atoms. The molecule has 0 N–H and O–H groups in total. The maximum atomic E-state index is 9.51. The molecule has 0 aromatic heterocycles. The molecule has 0 aliphatic rings. The zero-order valence-electron chi connectivity index (χ0n) is 13.9. The number of nitrogens with zero attached hydrogens (tertiary/aromatic N) is 2. The van der Waals surface area contributed by atoms with Crippen LogP contribution in [0.5, 0.6) is 0 Å². The van der Waals surface area contributed by atoms with Crippen LogP contribution in [0.25, 0.3) is 5.57 Å². The Morgan fingerprint density at radius 1 is 1.08 bits per heavy atom. The van der Waals surface area contributed by atoms with Gasteiger partial charge in [0.25, 0.3) is 0 Å². The maximum Gasteiger partial charge on any atom is 0.339 e. The highest BCUT2D eigenvalue weighted by molar-refractivity contribution is 8.24. The second-order valence-electron chi connectivity index (χ2n) is 4.78. The van der Waals surface area contributed by atoms with E-state index in [9.17, 15) is 4.57 Å². The van der Waals surface area contributed by atoms with E-state index in [0.29, 0.717) is 0 Å².